The van der Waals surface area contributed by atoms with Crippen molar-refractivity contribution in [2.24, 2.45) is 0 Å². The Kier molecular flexibility index (Phi) is 5.53. The summed E-state index contributed by atoms with van der Waals surface area (Å²) in [4.78, 5) is 11.7. The molecule has 1 aromatic rings. The Morgan fingerprint density at radius 3 is 2.71 bits per heavy atom. The molecule has 0 bridgehead atoms. The zero-order chi connectivity index (χ0) is 12.5. The molecule has 0 N–H and O–H groups in total. The van der Waals surface area contributed by atoms with Crippen LogP contribution < -0.4 is 0 Å². The summed E-state index contributed by atoms with van der Waals surface area (Å²) in [5.41, 5.74) is 1.48. The Hall–Kier alpha value is -2.08. The molecule has 1 aromatic carbocycles. The summed E-state index contributed by atoms with van der Waals surface area (Å²) in [5, 5.41) is 8.56. The lowest BCUT2D eigenvalue weighted by atomic mass is 10.1. The van der Waals surface area contributed by atoms with Crippen molar-refractivity contribution in [1.82, 2.24) is 0 Å². The van der Waals surface area contributed by atoms with Gasteiger partial charge in [0.2, 0.25) is 0 Å². The number of esters is 1. The van der Waals surface area contributed by atoms with Crippen LogP contribution >= 0.6 is 0 Å². The molecule has 0 saturated heterocycles. The fraction of sp³-hybridized carbons (Fsp3) is 0.286. The highest BCUT2D eigenvalue weighted by Gasteiger charge is 2.09. The highest BCUT2D eigenvalue weighted by Crippen LogP contribution is 2.13. The molecule has 0 aliphatic heterocycles. The molecule has 0 aliphatic carbocycles. The van der Waals surface area contributed by atoms with E-state index in [2.05, 4.69) is 0 Å². The van der Waals surface area contributed by atoms with Gasteiger partial charge in [-0.15, -0.1) is 0 Å². The zero-order valence-electron chi connectivity index (χ0n) is 9.85. The topological polar surface area (TPSA) is 50.1 Å². The van der Waals surface area contributed by atoms with Gasteiger partial charge in [0.1, 0.15) is 0 Å². The maximum absolute atomic E-state index is 11.7. The molecule has 3 nitrogen and oxygen atoms in total. The molecule has 0 atom stereocenters. The van der Waals surface area contributed by atoms with E-state index in [1.54, 1.807) is 13.0 Å². The van der Waals surface area contributed by atoms with Crippen LogP contribution in [0.5, 0.6) is 0 Å². The van der Waals surface area contributed by atoms with Gasteiger partial charge in [0.25, 0.3) is 0 Å². The maximum Gasteiger partial charge on any atom is 0.334 e. The van der Waals surface area contributed by atoms with E-state index in [0.717, 1.165) is 5.56 Å². The average Bonchev–Trinajstić information content (AvgIpc) is 2.36. The van der Waals surface area contributed by atoms with E-state index < -0.39 is 0 Å². The molecule has 0 saturated carbocycles. The lowest BCUT2D eigenvalue weighted by Gasteiger charge is -2.05. The molecule has 17 heavy (non-hydrogen) atoms. The molecule has 0 radical (unpaired) electrons. The fourth-order valence-electron chi connectivity index (χ4n) is 1.40. The molecule has 0 fully saturated rings. The third-order valence-corrected chi connectivity index (χ3v) is 2.18. The van der Waals surface area contributed by atoms with Gasteiger partial charge in [-0.3, -0.25) is 0 Å². The molecule has 1 rings (SSSR count). The zero-order valence-corrected chi connectivity index (χ0v) is 9.85. The van der Waals surface area contributed by atoms with Crippen molar-refractivity contribution in [2.45, 2.75) is 19.8 Å². The summed E-state index contributed by atoms with van der Waals surface area (Å²) < 4.78 is 4.96. The van der Waals surface area contributed by atoms with Crippen molar-refractivity contribution in [1.29, 1.82) is 5.26 Å². The number of benzene rings is 1. The molecule has 0 aromatic heterocycles. The van der Waals surface area contributed by atoms with E-state index in [1.165, 1.54) is 0 Å². The molecule has 88 valence electrons. The molecule has 3 heteroatoms. The van der Waals surface area contributed by atoms with E-state index in [4.69, 9.17) is 10.00 Å². The summed E-state index contributed by atoms with van der Waals surface area (Å²) in [6, 6.07) is 11.6. The number of hydrogen-bond donors (Lipinski definition) is 0. The van der Waals surface area contributed by atoms with Gasteiger partial charge in [-0.25, -0.2) is 4.79 Å². The minimum absolute atomic E-state index is 0.317. The van der Waals surface area contributed by atoms with Crippen molar-refractivity contribution < 1.29 is 9.53 Å². The van der Waals surface area contributed by atoms with Gasteiger partial charge < -0.3 is 4.74 Å². The number of carbonyl (C=O) groups excluding carboxylic acids is 1. The largest absolute Gasteiger partial charge is 0.463 e. The Bertz CT molecular complexity index is 429. The molecule has 0 spiro atoms. The lowest BCUT2D eigenvalue weighted by molar-refractivity contribution is -0.138. The van der Waals surface area contributed by atoms with Gasteiger partial charge in [-0.05, 0) is 25.0 Å². The quantitative estimate of drug-likeness (QED) is 0.576. The van der Waals surface area contributed by atoms with Gasteiger partial charge in [-0.2, -0.15) is 5.26 Å². The first-order valence-electron chi connectivity index (χ1n) is 5.57. The van der Waals surface area contributed by atoms with Gasteiger partial charge in [0.15, 0.2) is 0 Å². The van der Waals surface area contributed by atoms with E-state index in [1.807, 2.05) is 36.4 Å². The first kappa shape index (κ1) is 13.0. The third-order valence-electron chi connectivity index (χ3n) is 2.18. The maximum atomic E-state index is 11.7. The number of carbonyl (C=O) groups is 1. The Morgan fingerprint density at radius 1 is 1.41 bits per heavy atom. The monoisotopic (exact) mass is 229 g/mol. The second kappa shape index (κ2) is 7.24. The predicted octanol–water partition coefficient (Wildman–Crippen LogP) is 2.94. The summed E-state index contributed by atoms with van der Waals surface area (Å²) >= 11 is 0. The van der Waals surface area contributed by atoms with Crippen LogP contribution in [0, 0.1) is 11.3 Å². The lowest BCUT2D eigenvalue weighted by Crippen LogP contribution is -2.07. The Balaban J connectivity index is 2.86. The summed E-state index contributed by atoms with van der Waals surface area (Å²) in [6.07, 6.45) is 2.51. The van der Waals surface area contributed by atoms with E-state index in [0.29, 0.717) is 25.0 Å². The van der Waals surface area contributed by atoms with Crippen LogP contribution in [0.1, 0.15) is 25.3 Å². The van der Waals surface area contributed by atoms with Crippen LogP contribution in [-0.4, -0.2) is 12.6 Å². The number of nitriles is 1. The smallest absolute Gasteiger partial charge is 0.334 e. The average molecular weight is 229 g/mol. The summed E-state index contributed by atoms with van der Waals surface area (Å²) in [7, 11) is 0. The number of nitrogens with zero attached hydrogens (tertiary/aromatic N) is 1. The van der Waals surface area contributed by atoms with Gasteiger partial charge in [0, 0.05) is 12.0 Å². The SMILES string of the molecule is CCOC(=O)/C(=C/c1ccccc1)CCC#N. The molecule has 0 aliphatic rings. The van der Waals surface area contributed by atoms with Crippen molar-refractivity contribution in [2.75, 3.05) is 6.61 Å². The third kappa shape index (κ3) is 4.52. The van der Waals surface area contributed by atoms with Gasteiger partial charge in [0.05, 0.1) is 12.7 Å². The molecular formula is C14H15NO2. The van der Waals surface area contributed by atoms with E-state index in [9.17, 15) is 4.79 Å². The first-order chi connectivity index (χ1) is 8.27. The van der Waals surface area contributed by atoms with Crippen LogP contribution in [-0.2, 0) is 9.53 Å². The van der Waals surface area contributed by atoms with Crippen molar-refractivity contribution in [3.8, 4) is 6.07 Å². The fourth-order valence-corrected chi connectivity index (χ4v) is 1.40. The highest BCUT2D eigenvalue weighted by atomic mass is 16.5. The second-order valence-electron chi connectivity index (χ2n) is 3.46. The standard InChI is InChI=1S/C14H15NO2/c1-2-17-14(16)13(9-6-10-15)11-12-7-4-3-5-8-12/h3-5,7-8,11H,2,6,9H2,1H3/b13-11+. The van der Waals surface area contributed by atoms with Crippen LogP contribution in [0.15, 0.2) is 35.9 Å². The summed E-state index contributed by atoms with van der Waals surface area (Å²) in [5.74, 6) is -0.341. The van der Waals surface area contributed by atoms with Crippen LogP contribution in [0.4, 0.5) is 0 Å². The van der Waals surface area contributed by atoms with Crippen molar-refractivity contribution in [3.05, 3.63) is 41.5 Å². The minimum atomic E-state index is -0.341. The molecule has 0 heterocycles. The molecule has 0 amide bonds. The van der Waals surface area contributed by atoms with Crippen molar-refractivity contribution in [3.63, 3.8) is 0 Å². The summed E-state index contributed by atoms with van der Waals surface area (Å²) in [6.45, 7) is 2.11. The predicted molar refractivity (Wildman–Crippen MR) is 65.9 cm³/mol. The van der Waals surface area contributed by atoms with Crippen LogP contribution in [0.2, 0.25) is 0 Å². The second-order valence-corrected chi connectivity index (χ2v) is 3.46. The molecule has 0 unspecified atom stereocenters. The van der Waals surface area contributed by atoms with Crippen LogP contribution in [0.25, 0.3) is 6.08 Å². The highest BCUT2D eigenvalue weighted by molar-refractivity contribution is 5.93. The number of ether oxygens (including phenoxy) is 1. The number of rotatable bonds is 5. The minimum Gasteiger partial charge on any atom is -0.463 e. The Morgan fingerprint density at radius 2 is 2.12 bits per heavy atom. The van der Waals surface area contributed by atoms with Gasteiger partial charge >= 0.3 is 5.97 Å². The normalized spacial score (nSPS) is 10.7. The molecular weight excluding hydrogens is 214 g/mol. The van der Waals surface area contributed by atoms with Crippen LogP contribution in [0.3, 0.4) is 0 Å². The van der Waals surface area contributed by atoms with Gasteiger partial charge in [-0.1, -0.05) is 30.3 Å². The van der Waals surface area contributed by atoms with Crippen molar-refractivity contribution >= 4 is 12.0 Å². The first-order valence-corrected chi connectivity index (χ1v) is 5.57. The Labute approximate surface area is 101 Å². The number of hydrogen-bond acceptors (Lipinski definition) is 3. The van der Waals surface area contributed by atoms with E-state index >= 15 is 0 Å². The van der Waals surface area contributed by atoms with E-state index in [-0.39, 0.29) is 5.97 Å².